The van der Waals surface area contributed by atoms with Crippen LogP contribution < -0.4 is 11.0 Å². The molecule has 26 heavy (non-hydrogen) atoms. The largest absolute Gasteiger partial charge is 0.292 e. The molecule has 8 heteroatoms. The van der Waals surface area contributed by atoms with E-state index in [9.17, 15) is 9.59 Å². The van der Waals surface area contributed by atoms with Crippen molar-refractivity contribution in [2.75, 3.05) is 0 Å². The van der Waals surface area contributed by atoms with Crippen LogP contribution in [0.5, 0.6) is 0 Å². The summed E-state index contributed by atoms with van der Waals surface area (Å²) in [6.45, 7) is 2.13. The first kappa shape index (κ1) is 18.1. The molecule has 0 radical (unpaired) electrons. The Balaban J connectivity index is 1.95. The van der Waals surface area contributed by atoms with Crippen LogP contribution in [0.25, 0.3) is 10.8 Å². The molecule has 0 spiro atoms. The van der Waals surface area contributed by atoms with Gasteiger partial charge in [0.15, 0.2) is 5.69 Å². The molecule has 1 amide bonds. The van der Waals surface area contributed by atoms with Crippen LogP contribution in [0.1, 0.15) is 23.0 Å². The number of aryl methyl sites for hydroxylation is 1. The van der Waals surface area contributed by atoms with Gasteiger partial charge >= 0.3 is 0 Å². The fourth-order valence-electron chi connectivity index (χ4n) is 2.46. The predicted molar refractivity (Wildman–Crippen MR) is 103 cm³/mol. The molecular formula is C18H14Cl2N4O2. The molecule has 1 heterocycles. The summed E-state index contributed by atoms with van der Waals surface area (Å²) in [4.78, 5) is 24.8. The fraction of sp³-hybridized carbons (Fsp3) is 0.111. The number of nitrogens with one attached hydrogen (secondary N) is 1. The number of amides is 1. The van der Waals surface area contributed by atoms with Gasteiger partial charge in [-0.05, 0) is 25.1 Å². The second-order valence-electron chi connectivity index (χ2n) is 5.35. The van der Waals surface area contributed by atoms with Crippen molar-refractivity contribution in [3.8, 4) is 0 Å². The number of aromatic nitrogens is 2. The SMILES string of the molecule is CCn1nc(C(=O)N/N=C\c2c(Cl)cccc2Cl)c2ccccc2c1=O. The third-order valence-electron chi connectivity index (χ3n) is 3.74. The number of carbonyl (C=O) groups excluding carboxylic acids is 1. The minimum atomic E-state index is -0.539. The van der Waals surface area contributed by atoms with E-state index in [0.717, 1.165) is 0 Å². The van der Waals surface area contributed by atoms with Crippen LogP contribution in [0.3, 0.4) is 0 Å². The van der Waals surface area contributed by atoms with Gasteiger partial charge in [-0.25, -0.2) is 10.1 Å². The quantitative estimate of drug-likeness (QED) is 0.548. The van der Waals surface area contributed by atoms with E-state index in [0.29, 0.717) is 32.9 Å². The van der Waals surface area contributed by atoms with Crippen molar-refractivity contribution in [2.45, 2.75) is 13.5 Å². The molecule has 0 saturated carbocycles. The minimum absolute atomic E-state index is 0.115. The van der Waals surface area contributed by atoms with Crippen LogP contribution in [-0.2, 0) is 6.54 Å². The van der Waals surface area contributed by atoms with Crippen LogP contribution in [0, 0.1) is 0 Å². The van der Waals surface area contributed by atoms with Gasteiger partial charge in [0.05, 0.1) is 21.6 Å². The number of halogens is 2. The Kier molecular flexibility index (Phi) is 5.35. The normalized spacial score (nSPS) is 11.2. The van der Waals surface area contributed by atoms with Crippen LogP contribution in [0.4, 0.5) is 0 Å². The first-order valence-electron chi connectivity index (χ1n) is 7.80. The van der Waals surface area contributed by atoms with Gasteiger partial charge in [0.1, 0.15) is 0 Å². The Morgan fingerprint density at radius 2 is 1.81 bits per heavy atom. The topological polar surface area (TPSA) is 76.3 Å². The van der Waals surface area contributed by atoms with Gasteiger partial charge in [-0.1, -0.05) is 47.5 Å². The molecule has 6 nitrogen and oxygen atoms in total. The lowest BCUT2D eigenvalue weighted by atomic mass is 10.1. The Morgan fingerprint density at radius 3 is 2.46 bits per heavy atom. The molecule has 2 aromatic carbocycles. The summed E-state index contributed by atoms with van der Waals surface area (Å²) in [7, 11) is 0. The van der Waals surface area contributed by atoms with E-state index >= 15 is 0 Å². The first-order valence-corrected chi connectivity index (χ1v) is 8.55. The zero-order chi connectivity index (χ0) is 18.7. The van der Waals surface area contributed by atoms with Gasteiger partial charge in [0.25, 0.3) is 11.5 Å². The molecule has 0 atom stereocenters. The van der Waals surface area contributed by atoms with Crippen molar-refractivity contribution in [1.29, 1.82) is 0 Å². The average Bonchev–Trinajstić information content (AvgIpc) is 2.64. The Labute approximate surface area is 159 Å². The van der Waals surface area contributed by atoms with Crippen molar-refractivity contribution in [2.24, 2.45) is 5.10 Å². The van der Waals surface area contributed by atoms with Gasteiger partial charge < -0.3 is 0 Å². The summed E-state index contributed by atoms with van der Waals surface area (Å²) < 4.78 is 1.24. The zero-order valence-corrected chi connectivity index (χ0v) is 15.3. The summed E-state index contributed by atoms with van der Waals surface area (Å²) in [5, 5.41) is 9.77. The van der Waals surface area contributed by atoms with E-state index in [1.807, 2.05) is 0 Å². The van der Waals surface area contributed by atoms with Crippen LogP contribution >= 0.6 is 23.2 Å². The number of benzene rings is 2. The van der Waals surface area contributed by atoms with Crippen molar-refractivity contribution >= 4 is 46.1 Å². The maximum atomic E-state index is 12.5. The molecule has 1 aromatic heterocycles. The Morgan fingerprint density at radius 1 is 1.15 bits per heavy atom. The van der Waals surface area contributed by atoms with Crippen molar-refractivity contribution in [3.63, 3.8) is 0 Å². The smallest absolute Gasteiger partial charge is 0.267 e. The molecule has 0 saturated heterocycles. The van der Waals surface area contributed by atoms with Crippen molar-refractivity contribution in [3.05, 3.63) is 74.1 Å². The fourth-order valence-corrected chi connectivity index (χ4v) is 2.95. The third kappa shape index (κ3) is 3.47. The maximum Gasteiger partial charge on any atom is 0.292 e. The minimum Gasteiger partial charge on any atom is -0.267 e. The van der Waals surface area contributed by atoms with Gasteiger partial charge in [-0.2, -0.15) is 10.2 Å². The zero-order valence-electron chi connectivity index (χ0n) is 13.7. The summed E-state index contributed by atoms with van der Waals surface area (Å²) in [5.41, 5.74) is 2.76. The molecule has 0 aliphatic rings. The van der Waals surface area contributed by atoms with E-state index in [4.69, 9.17) is 23.2 Å². The van der Waals surface area contributed by atoms with Gasteiger partial charge in [0, 0.05) is 17.5 Å². The maximum absolute atomic E-state index is 12.5. The highest BCUT2D eigenvalue weighted by Gasteiger charge is 2.15. The Hall–Kier alpha value is -2.70. The lowest BCUT2D eigenvalue weighted by molar-refractivity contribution is 0.0949. The standard InChI is InChI=1S/C18H14Cl2N4O2/c1-2-24-18(26)12-7-4-3-6-11(12)16(23-24)17(25)22-21-10-13-14(19)8-5-9-15(13)20/h3-10H,2H2,1H3,(H,22,25)/b21-10-. The predicted octanol–water partition coefficient (Wildman–Crippen LogP) is 3.49. The highest BCUT2D eigenvalue weighted by atomic mass is 35.5. The average molecular weight is 389 g/mol. The number of nitrogens with zero attached hydrogens (tertiary/aromatic N) is 3. The molecule has 3 aromatic rings. The van der Waals surface area contributed by atoms with Gasteiger partial charge in [-0.15, -0.1) is 0 Å². The van der Waals surface area contributed by atoms with Crippen LogP contribution in [0.15, 0.2) is 52.4 Å². The lowest BCUT2D eigenvalue weighted by Gasteiger charge is -2.08. The molecule has 0 unspecified atom stereocenters. The van der Waals surface area contributed by atoms with Crippen molar-refractivity contribution < 1.29 is 4.79 Å². The number of fused-ring (bicyclic) bond motifs is 1. The molecule has 3 rings (SSSR count). The van der Waals surface area contributed by atoms with E-state index in [-0.39, 0.29) is 11.3 Å². The van der Waals surface area contributed by atoms with E-state index in [1.165, 1.54) is 10.9 Å². The molecular weight excluding hydrogens is 375 g/mol. The molecule has 0 aliphatic carbocycles. The molecule has 0 fully saturated rings. The first-order chi connectivity index (χ1) is 12.5. The summed E-state index contributed by atoms with van der Waals surface area (Å²) in [6.07, 6.45) is 1.36. The highest BCUT2D eigenvalue weighted by Crippen LogP contribution is 2.22. The number of carbonyl (C=O) groups is 1. The molecule has 1 N–H and O–H groups in total. The van der Waals surface area contributed by atoms with Crippen LogP contribution in [-0.4, -0.2) is 21.9 Å². The number of hydrazone groups is 1. The van der Waals surface area contributed by atoms with E-state index < -0.39 is 5.91 Å². The number of hydrogen-bond donors (Lipinski definition) is 1. The molecule has 132 valence electrons. The Bertz CT molecular complexity index is 1060. The summed E-state index contributed by atoms with van der Waals surface area (Å²) >= 11 is 12.1. The van der Waals surface area contributed by atoms with Gasteiger partial charge in [0.2, 0.25) is 0 Å². The highest BCUT2D eigenvalue weighted by molar-refractivity contribution is 6.38. The van der Waals surface area contributed by atoms with Crippen LogP contribution in [0.2, 0.25) is 10.0 Å². The number of hydrogen-bond acceptors (Lipinski definition) is 4. The van der Waals surface area contributed by atoms with Gasteiger partial charge in [-0.3, -0.25) is 9.59 Å². The summed E-state index contributed by atoms with van der Waals surface area (Å²) in [6, 6.07) is 11.9. The molecule has 0 bridgehead atoms. The third-order valence-corrected chi connectivity index (χ3v) is 4.40. The second kappa shape index (κ2) is 7.68. The lowest BCUT2D eigenvalue weighted by Crippen LogP contribution is -2.28. The van der Waals surface area contributed by atoms with E-state index in [1.54, 1.807) is 49.4 Å². The molecule has 0 aliphatic heterocycles. The second-order valence-corrected chi connectivity index (χ2v) is 6.16. The monoisotopic (exact) mass is 388 g/mol. The number of rotatable bonds is 4. The van der Waals surface area contributed by atoms with E-state index in [2.05, 4.69) is 15.6 Å². The summed E-state index contributed by atoms with van der Waals surface area (Å²) in [5.74, 6) is -0.539. The van der Waals surface area contributed by atoms with Crippen molar-refractivity contribution in [1.82, 2.24) is 15.2 Å².